The van der Waals surface area contributed by atoms with Gasteiger partial charge in [0, 0.05) is 6.04 Å². The molecule has 1 aromatic carbocycles. The summed E-state index contributed by atoms with van der Waals surface area (Å²) >= 11 is 0. The van der Waals surface area contributed by atoms with Crippen molar-refractivity contribution in [2.45, 2.75) is 18.9 Å². The first kappa shape index (κ1) is 9.96. The van der Waals surface area contributed by atoms with E-state index in [1.54, 1.807) is 12.1 Å². The van der Waals surface area contributed by atoms with Gasteiger partial charge in [0.15, 0.2) is 0 Å². The molecule has 1 aliphatic rings. The molecular formula is C11H12FNO2. The minimum Gasteiger partial charge on any atom is -0.465 e. The summed E-state index contributed by atoms with van der Waals surface area (Å²) in [5, 5.41) is 3.04. The molecule has 0 bridgehead atoms. The van der Waals surface area contributed by atoms with Crippen molar-refractivity contribution >= 4 is 11.7 Å². The van der Waals surface area contributed by atoms with Crippen LogP contribution in [0, 0.1) is 5.82 Å². The van der Waals surface area contributed by atoms with Gasteiger partial charge in [-0.3, -0.25) is 0 Å². The minimum atomic E-state index is -0.521. The summed E-state index contributed by atoms with van der Waals surface area (Å²) in [4.78, 5) is 11.1. The van der Waals surface area contributed by atoms with E-state index in [0.717, 1.165) is 12.8 Å². The molecule has 15 heavy (non-hydrogen) atoms. The number of hydrogen-bond donors (Lipinski definition) is 1. The van der Waals surface area contributed by atoms with Gasteiger partial charge in [-0.05, 0) is 31.0 Å². The molecule has 0 amide bonds. The number of anilines is 1. The number of nitrogens with one attached hydrogen (secondary N) is 1. The summed E-state index contributed by atoms with van der Waals surface area (Å²) in [7, 11) is 1.27. The predicted octanol–water partition coefficient (Wildman–Crippen LogP) is 2.19. The molecule has 0 heterocycles. The molecule has 1 aromatic rings. The molecule has 3 nitrogen and oxygen atoms in total. The highest BCUT2D eigenvalue weighted by molar-refractivity contribution is 5.89. The second kappa shape index (κ2) is 3.88. The van der Waals surface area contributed by atoms with Crippen LogP contribution >= 0.6 is 0 Å². The highest BCUT2D eigenvalue weighted by Gasteiger charge is 2.22. The number of halogens is 1. The SMILES string of the molecule is COC(=O)c1ccc(NC2CC2)c(F)c1. The third-order valence-electron chi connectivity index (χ3n) is 2.33. The lowest BCUT2D eigenvalue weighted by atomic mass is 10.2. The van der Waals surface area contributed by atoms with E-state index in [1.807, 2.05) is 0 Å². The standard InChI is InChI=1S/C11H12FNO2/c1-15-11(14)7-2-5-10(9(12)6-7)13-8-3-4-8/h2,5-6,8,13H,3-4H2,1H3. The Bertz CT molecular complexity index is 388. The number of methoxy groups -OCH3 is 1. The third kappa shape index (κ3) is 2.26. The lowest BCUT2D eigenvalue weighted by Crippen LogP contribution is -2.06. The van der Waals surface area contributed by atoms with Crippen molar-refractivity contribution in [2.75, 3.05) is 12.4 Å². The number of benzene rings is 1. The first-order chi connectivity index (χ1) is 7.20. The van der Waals surface area contributed by atoms with E-state index in [9.17, 15) is 9.18 Å². The van der Waals surface area contributed by atoms with Gasteiger partial charge in [0.2, 0.25) is 0 Å². The first-order valence-corrected chi connectivity index (χ1v) is 4.85. The Labute approximate surface area is 87.2 Å². The van der Waals surface area contributed by atoms with Crippen LogP contribution in [0.5, 0.6) is 0 Å². The molecule has 1 saturated carbocycles. The molecule has 1 N–H and O–H groups in total. The summed E-state index contributed by atoms with van der Waals surface area (Å²) in [6.07, 6.45) is 2.16. The molecule has 0 atom stereocenters. The molecule has 0 aromatic heterocycles. The average molecular weight is 209 g/mol. The molecule has 0 spiro atoms. The van der Waals surface area contributed by atoms with E-state index < -0.39 is 11.8 Å². The minimum absolute atomic E-state index is 0.233. The van der Waals surface area contributed by atoms with Crippen molar-refractivity contribution in [1.82, 2.24) is 0 Å². The topological polar surface area (TPSA) is 38.3 Å². The Balaban J connectivity index is 2.17. The van der Waals surface area contributed by atoms with Gasteiger partial charge in [-0.1, -0.05) is 0 Å². The van der Waals surface area contributed by atoms with Crippen molar-refractivity contribution in [3.8, 4) is 0 Å². The maximum Gasteiger partial charge on any atom is 0.337 e. The fourth-order valence-corrected chi connectivity index (χ4v) is 1.32. The van der Waals surface area contributed by atoms with Gasteiger partial charge in [0.25, 0.3) is 0 Å². The second-order valence-corrected chi connectivity index (χ2v) is 3.60. The van der Waals surface area contributed by atoms with E-state index in [-0.39, 0.29) is 5.56 Å². The van der Waals surface area contributed by atoms with Crippen LogP contribution in [-0.4, -0.2) is 19.1 Å². The number of carbonyl (C=O) groups excluding carboxylic acids is 1. The van der Waals surface area contributed by atoms with Crippen molar-refractivity contribution < 1.29 is 13.9 Å². The fraction of sp³-hybridized carbons (Fsp3) is 0.364. The maximum absolute atomic E-state index is 13.5. The monoisotopic (exact) mass is 209 g/mol. The number of carbonyl (C=O) groups is 1. The summed E-state index contributed by atoms with van der Waals surface area (Å²) in [5.74, 6) is -0.934. The van der Waals surface area contributed by atoms with E-state index in [4.69, 9.17) is 0 Å². The van der Waals surface area contributed by atoms with Gasteiger partial charge in [0.1, 0.15) is 5.82 Å². The highest BCUT2D eigenvalue weighted by Crippen LogP contribution is 2.26. The largest absolute Gasteiger partial charge is 0.465 e. The summed E-state index contributed by atoms with van der Waals surface area (Å²) in [6, 6.07) is 4.71. The molecule has 4 heteroatoms. The van der Waals surface area contributed by atoms with Crippen LogP contribution in [0.1, 0.15) is 23.2 Å². The second-order valence-electron chi connectivity index (χ2n) is 3.60. The zero-order valence-corrected chi connectivity index (χ0v) is 8.42. The van der Waals surface area contributed by atoms with Crippen molar-refractivity contribution in [3.05, 3.63) is 29.6 Å². The van der Waals surface area contributed by atoms with Crippen LogP contribution in [0.15, 0.2) is 18.2 Å². The Morgan fingerprint density at radius 2 is 2.27 bits per heavy atom. The fourth-order valence-electron chi connectivity index (χ4n) is 1.32. The lowest BCUT2D eigenvalue weighted by molar-refractivity contribution is 0.0600. The van der Waals surface area contributed by atoms with Gasteiger partial charge < -0.3 is 10.1 Å². The quantitative estimate of drug-likeness (QED) is 0.775. The van der Waals surface area contributed by atoms with Crippen LogP contribution in [0.2, 0.25) is 0 Å². The molecule has 1 aliphatic carbocycles. The van der Waals surface area contributed by atoms with E-state index >= 15 is 0 Å². The highest BCUT2D eigenvalue weighted by atomic mass is 19.1. The van der Waals surface area contributed by atoms with Crippen LogP contribution in [0.25, 0.3) is 0 Å². The number of esters is 1. The molecule has 0 saturated heterocycles. The molecule has 1 fully saturated rings. The van der Waals surface area contributed by atoms with Gasteiger partial charge >= 0.3 is 5.97 Å². The van der Waals surface area contributed by atoms with Gasteiger partial charge in [-0.15, -0.1) is 0 Å². The lowest BCUT2D eigenvalue weighted by Gasteiger charge is -2.06. The Hall–Kier alpha value is -1.58. The van der Waals surface area contributed by atoms with Crippen molar-refractivity contribution in [1.29, 1.82) is 0 Å². The predicted molar refractivity (Wildman–Crippen MR) is 54.4 cm³/mol. The smallest absolute Gasteiger partial charge is 0.337 e. The Morgan fingerprint density at radius 1 is 1.53 bits per heavy atom. The molecule has 0 aliphatic heterocycles. The molecule has 80 valence electrons. The van der Waals surface area contributed by atoms with Crippen LogP contribution < -0.4 is 5.32 Å². The van der Waals surface area contributed by atoms with E-state index in [0.29, 0.717) is 11.7 Å². The van der Waals surface area contributed by atoms with Crippen LogP contribution in [-0.2, 0) is 4.74 Å². The Morgan fingerprint density at radius 3 is 2.80 bits per heavy atom. The number of hydrogen-bond acceptors (Lipinski definition) is 3. The van der Waals surface area contributed by atoms with Crippen molar-refractivity contribution in [3.63, 3.8) is 0 Å². The Kier molecular flexibility index (Phi) is 2.58. The van der Waals surface area contributed by atoms with Crippen LogP contribution in [0.3, 0.4) is 0 Å². The normalized spacial score (nSPS) is 14.8. The summed E-state index contributed by atoms with van der Waals surface area (Å²) in [5.41, 5.74) is 0.682. The zero-order valence-electron chi connectivity index (χ0n) is 8.42. The maximum atomic E-state index is 13.5. The third-order valence-corrected chi connectivity index (χ3v) is 2.33. The van der Waals surface area contributed by atoms with Crippen LogP contribution in [0.4, 0.5) is 10.1 Å². The van der Waals surface area contributed by atoms with E-state index in [2.05, 4.69) is 10.1 Å². The average Bonchev–Trinajstić information content (AvgIpc) is 3.04. The summed E-state index contributed by atoms with van der Waals surface area (Å²) in [6.45, 7) is 0. The zero-order chi connectivity index (χ0) is 10.8. The molecule has 0 unspecified atom stereocenters. The van der Waals surface area contributed by atoms with Gasteiger partial charge in [-0.2, -0.15) is 0 Å². The summed E-state index contributed by atoms with van der Waals surface area (Å²) < 4.78 is 18.0. The number of rotatable bonds is 3. The van der Waals surface area contributed by atoms with E-state index in [1.165, 1.54) is 13.2 Å². The van der Waals surface area contributed by atoms with Gasteiger partial charge in [-0.25, -0.2) is 9.18 Å². The van der Waals surface area contributed by atoms with Crippen molar-refractivity contribution in [2.24, 2.45) is 0 Å². The molecule has 0 radical (unpaired) electrons. The molecular weight excluding hydrogens is 197 g/mol. The first-order valence-electron chi connectivity index (χ1n) is 4.85. The van der Waals surface area contributed by atoms with Gasteiger partial charge in [0.05, 0.1) is 18.4 Å². The molecule has 2 rings (SSSR count). The number of ether oxygens (including phenoxy) is 1.